The van der Waals surface area contributed by atoms with Crippen LogP contribution in [0.4, 0.5) is 0 Å². The van der Waals surface area contributed by atoms with Crippen LogP contribution in [0.15, 0.2) is 24.3 Å². The highest BCUT2D eigenvalue weighted by atomic mass is 31.2. The maximum Gasteiger partial charge on any atom is 0.469 e. The Morgan fingerprint density at radius 2 is 1.14 bits per heavy atom. The smallest absolute Gasteiger partial charge is 0.462 e. The minimum Gasteiger partial charge on any atom is -0.462 e. The van der Waals surface area contributed by atoms with Crippen molar-refractivity contribution in [3.05, 3.63) is 24.3 Å². The Bertz CT molecular complexity index is 1130. The third-order valence-electron chi connectivity index (χ3n) is 11.5. The summed E-state index contributed by atoms with van der Waals surface area (Å²) in [6.45, 7) is 3.42. The quantitative estimate of drug-likeness (QED) is 0.0171. The number of phosphoric acid groups is 1. The molecule has 5 N–H and O–H groups in total. The predicted molar refractivity (Wildman–Crippen MR) is 237 cm³/mol. The average molecular weight is 859 g/mol. The molecule has 0 heterocycles. The zero-order chi connectivity index (χ0) is 43.4. The number of hydrogen-bond acceptors (Lipinski definition) is 9. The normalized spacial score (nSPS) is 19.5. The maximum atomic E-state index is 12.5. The van der Waals surface area contributed by atoms with Gasteiger partial charge in [0.25, 0.3) is 0 Å². The number of ether oxygens (including phenoxy) is 2. The van der Waals surface area contributed by atoms with Crippen molar-refractivity contribution in [2.45, 2.75) is 237 Å². The second-order valence-electron chi connectivity index (χ2n) is 17.1. The lowest BCUT2D eigenvalue weighted by Crippen LogP contribution is -2.29. The van der Waals surface area contributed by atoms with Crippen LogP contribution in [0, 0.1) is 11.8 Å². The van der Waals surface area contributed by atoms with Gasteiger partial charge in [-0.2, -0.15) is 0 Å². The van der Waals surface area contributed by atoms with Gasteiger partial charge in [-0.3, -0.25) is 14.1 Å². The summed E-state index contributed by atoms with van der Waals surface area (Å²) < 4.78 is 26.5. The lowest BCUT2D eigenvalue weighted by atomic mass is 9.89. The molecule has 0 spiro atoms. The van der Waals surface area contributed by atoms with Gasteiger partial charge in [0.05, 0.1) is 24.9 Å². The molecule has 0 amide bonds. The molecule has 0 aliphatic heterocycles. The number of phosphoric ester groups is 1. The first-order valence-corrected chi connectivity index (χ1v) is 25.4. The number of rotatable bonds is 40. The molecule has 0 bridgehead atoms. The molecule has 12 heteroatoms. The van der Waals surface area contributed by atoms with E-state index in [4.69, 9.17) is 19.3 Å². The molecule has 0 aromatic heterocycles. The Balaban J connectivity index is 2.19. The number of carbonyl (C=O) groups excluding carboxylic acids is 2. The van der Waals surface area contributed by atoms with E-state index in [1.807, 2.05) is 18.2 Å². The molecule has 59 heavy (non-hydrogen) atoms. The van der Waals surface area contributed by atoms with Crippen molar-refractivity contribution in [1.82, 2.24) is 0 Å². The Hall–Kier alpha value is -1.59. The van der Waals surface area contributed by atoms with Gasteiger partial charge in [-0.15, -0.1) is 0 Å². The Morgan fingerprint density at radius 3 is 1.66 bits per heavy atom. The number of carbonyl (C=O) groups is 2. The second kappa shape index (κ2) is 37.0. The molecule has 6 atom stereocenters. The molecule has 11 nitrogen and oxygen atoms in total. The molecule has 1 fully saturated rings. The van der Waals surface area contributed by atoms with Crippen molar-refractivity contribution in [3.63, 3.8) is 0 Å². The van der Waals surface area contributed by atoms with Crippen LogP contribution in [-0.2, 0) is 28.2 Å². The van der Waals surface area contributed by atoms with Gasteiger partial charge in [-0.1, -0.05) is 186 Å². The topological polar surface area (TPSA) is 180 Å². The molecule has 0 aromatic carbocycles. The van der Waals surface area contributed by atoms with Crippen molar-refractivity contribution in [1.29, 1.82) is 0 Å². The van der Waals surface area contributed by atoms with Crippen molar-refractivity contribution in [2.75, 3.05) is 13.2 Å². The fourth-order valence-electron chi connectivity index (χ4n) is 7.90. The summed E-state index contributed by atoms with van der Waals surface area (Å²) in [5, 5.41) is 31.2. The highest BCUT2D eigenvalue weighted by Crippen LogP contribution is 2.37. The van der Waals surface area contributed by atoms with Crippen molar-refractivity contribution in [3.8, 4) is 0 Å². The first-order chi connectivity index (χ1) is 28.5. The summed E-state index contributed by atoms with van der Waals surface area (Å²) in [4.78, 5) is 43.2. The number of unbranched alkanes of at least 4 members (excludes halogenated alkanes) is 23. The largest absolute Gasteiger partial charge is 0.469 e. The van der Waals surface area contributed by atoms with Gasteiger partial charge < -0.3 is 34.6 Å². The summed E-state index contributed by atoms with van der Waals surface area (Å²) in [6.07, 6.45) is 37.1. The summed E-state index contributed by atoms with van der Waals surface area (Å²) in [6, 6.07) is 0. The van der Waals surface area contributed by atoms with Crippen LogP contribution in [0.5, 0.6) is 0 Å². The maximum absolute atomic E-state index is 12.5. The highest BCUT2D eigenvalue weighted by molar-refractivity contribution is 7.46. The summed E-state index contributed by atoms with van der Waals surface area (Å²) in [7, 11) is -4.82. The van der Waals surface area contributed by atoms with Gasteiger partial charge in [0, 0.05) is 25.2 Å². The predicted octanol–water partition coefficient (Wildman–Crippen LogP) is 11.1. The van der Waals surface area contributed by atoms with Gasteiger partial charge in [0.1, 0.15) is 6.61 Å². The van der Waals surface area contributed by atoms with E-state index in [1.54, 1.807) is 6.08 Å². The molecule has 0 saturated heterocycles. The van der Waals surface area contributed by atoms with Crippen LogP contribution in [0.25, 0.3) is 0 Å². The molecule has 346 valence electrons. The molecule has 0 aromatic rings. The highest BCUT2D eigenvalue weighted by Gasteiger charge is 2.39. The van der Waals surface area contributed by atoms with Crippen molar-refractivity contribution >= 4 is 19.8 Å². The van der Waals surface area contributed by atoms with Crippen LogP contribution in [0.2, 0.25) is 0 Å². The number of hydrogen-bond donors (Lipinski definition) is 5. The van der Waals surface area contributed by atoms with E-state index in [0.29, 0.717) is 32.1 Å². The lowest BCUT2D eigenvalue weighted by Gasteiger charge is -2.19. The van der Waals surface area contributed by atoms with Crippen LogP contribution >= 0.6 is 7.82 Å². The van der Waals surface area contributed by atoms with Crippen molar-refractivity contribution in [2.24, 2.45) is 11.8 Å². The molecule has 0 radical (unpaired) electrons. The number of allylic oxidation sites excluding steroid dienone is 2. The summed E-state index contributed by atoms with van der Waals surface area (Å²) >= 11 is 0. The fourth-order valence-corrected chi connectivity index (χ4v) is 8.26. The van der Waals surface area contributed by atoms with Gasteiger partial charge in [0.2, 0.25) is 0 Å². The van der Waals surface area contributed by atoms with E-state index >= 15 is 0 Å². The standard InChI is InChI=1S/C47H87O11P/c1-3-5-7-8-9-10-11-12-13-14-15-16-17-18-19-20-21-22-23-24-29-33-46(51)56-38-41(39-57-59(53,54)55)58-47(52)34-30-26-25-28-32-42-43(45(50)37-44(42)49)36-35-40(48)31-27-6-4-2/h25,28,35-36,40-45,48-50H,3-24,26-27,29-34,37-39H2,1-2H3,(H2,53,54,55)/b28-25+,36-35+/t40-,41+,42+,43+,44-,45+/m0/s1. The number of esters is 2. The van der Waals surface area contributed by atoms with E-state index in [-0.39, 0.29) is 37.7 Å². The molecule has 0 unspecified atom stereocenters. The SMILES string of the molecule is CCCCCCCCCCCCCCCCCCCCCCCC(=O)OC[C@H](COP(=O)(O)O)OC(=O)CCC/C=C/C[C@@H]1[C@@H](/C=C/[C@@H](O)CCCCC)[C@H](O)C[C@@H]1O. The van der Waals surface area contributed by atoms with Crippen LogP contribution < -0.4 is 0 Å². The third-order valence-corrected chi connectivity index (χ3v) is 12.0. The Labute approximate surface area is 358 Å². The molecular weight excluding hydrogens is 771 g/mol. The van der Waals surface area contributed by atoms with Gasteiger partial charge in [-0.25, -0.2) is 4.57 Å². The average Bonchev–Trinajstić information content (AvgIpc) is 3.47. The lowest BCUT2D eigenvalue weighted by molar-refractivity contribution is -0.161. The van der Waals surface area contributed by atoms with E-state index in [1.165, 1.54) is 109 Å². The monoisotopic (exact) mass is 859 g/mol. The Kier molecular flexibility index (Phi) is 34.8. The minimum absolute atomic E-state index is 0.0379. The molecule has 1 rings (SSSR count). The summed E-state index contributed by atoms with van der Waals surface area (Å²) in [5.74, 6) is -1.49. The first-order valence-electron chi connectivity index (χ1n) is 23.9. The van der Waals surface area contributed by atoms with Crippen LogP contribution in [-0.4, -0.2) is 74.7 Å². The second-order valence-corrected chi connectivity index (χ2v) is 18.3. The van der Waals surface area contributed by atoms with E-state index in [9.17, 15) is 29.5 Å². The Morgan fingerprint density at radius 1 is 0.644 bits per heavy atom. The molecule has 1 aliphatic rings. The van der Waals surface area contributed by atoms with E-state index in [0.717, 1.165) is 38.5 Å². The fraction of sp³-hybridized carbons (Fsp3) is 0.872. The minimum atomic E-state index is -4.82. The third kappa shape index (κ3) is 32.7. The zero-order valence-electron chi connectivity index (χ0n) is 37.2. The van der Waals surface area contributed by atoms with E-state index in [2.05, 4.69) is 18.4 Å². The van der Waals surface area contributed by atoms with Gasteiger partial charge in [-0.05, 0) is 38.0 Å². The van der Waals surface area contributed by atoms with Gasteiger partial charge in [0.15, 0.2) is 6.10 Å². The first kappa shape index (κ1) is 55.4. The zero-order valence-corrected chi connectivity index (χ0v) is 38.1. The molecule has 1 saturated carbocycles. The molecule has 1 aliphatic carbocycles. The molecular formula is C47H87O11P. The summed E-state index contributed by atoms with van der Waals surface area (Å²) in [5.41, 5.74) is 0. The van der Waals surface area contributed by atoms with Crippen LogP contribution in [0.3, 0.4) is 0 Å². The van der Waals surface area contributed by atoms with Crippen LogP contribution in [0.1, 0.15) is 213 Å². The number of aliphatic hydroxyl groups excluding tert-OH is 3. The number of aliphatic hydroxyl groups is 3. The van der Waals surface area contributed by atoms with Crippen molar-refractivity contribution < 1.29 is 53.3 Å². The van der Waals surface area contributed by atoms with Gasteiger partial charge >= 0.3 is 19.8 Å². The van der Waals surface area contributed by atoms with E-state index < -0.39 is 50.8 Å².